The zero-order chi connectivity index (χ0) is 15.2. The fourth-order valence-corrected chi connectivity index (χ4v) is 3.26. The summed E-state index contributed by atoms with van der Waals surface area (Å²) in [7, 11) is 3.47. The number of hydrogen-bond donors (Lipinski definition) is 1. The fraction of sp³-hybridized carbons (Fsp3) is 0.250. The summed E-state index contributed by atoms with van der Waals surface area (Å²) in [6.07, 6.45) is 0. The van der Waals surface area contributed by atoms with Gasteiger partial charge in [0.15, 0.2) is 0 Å². The Morgan fingerprint density at radius 3 is 2.71 bits per heavy atom. The molecule has 1 unspecified atom stereocenters. The highest BCUT2D eigenvalue weighted by atomic mass is 35.5. The number of hydrogen-bond acceptors (Lipinski definition) is 3. The molecule has 0 radical (unpaired) electrons. The quantitative estimate of drug-likeness (QED) is 0.788. The van der Waals surface area contributed by atoms with Crippen molar-refractivity contribution in [1.82, 2.24) is 5.32 Å². The largest absolute Gasteiger partial charge is 0.495 e. The molecule has 0 bridgehead atoms. The Bertz CT molecular complexity index is 609. The van der Waals surface area contributed by atoms with Gasteiger partial charge in [0.05, 0.1) is 12.1 Å². The van der Waals surface area contributed by atoms with Gasteiger partial charge in [-0.15, -0.1) is 11.8 Å². The van der Waals surface area contributed by atoms with Crippen LogP contribution in [0, 0.1) is 5.82 Å². The standard InChI is InChI=1S/C16H17ClFNOS/c1-19-14(10-21-16-6-4-3-5-13(16)18)11-7-8-12(17)15(9-11)20-2/h3-9,14,19H,10H2,1-2H3. The number of benzene rings is 2. The molecule has 0 fully saturated rings. The van der Waals surface area contributed by atoms with E-state index in [0.717, 1.165) is 5.56 Å². The first-order valence-electron chi connectivity index (χ1n) is 6.53. The minimum atomic E-state index is -0.189. The second-order valence-electron chi connectivity index (χ2n) is 4.48. The van der Waals surface area contributed by atoms with E-state index in [1.165, 1.54) is 17.8 Å². The first-order valence-corrected chi connectivity index (χ1v) is 7.90. The molecule has 0 saturated carbocycles. The molecule has 0 heterocycles. The summed E-state index contributed by atoms with van der Waals surface area (Å²) < 4.78 is 18.9. The van der Waals surface area contributed by atoms with Gasteiger partial charge in [-0.1, -0.05) is 29.8 Å². The lowest BCUT2D eigenvalue weighted by Crippen LogP contribution is -2.18. The van der Waals surface area contributed by atoms with Crippen molar-refractivity contribution in [3.05, 3.63) is 58.9 Å². The van der Waals surface area contributed by atoms with Crippen LogP contribution in [0.15, 0.2) is 47.4 Å². The third-order valence-corrected chi connectivity index (χ3v) is 4.62. The van der Waals surface area contributed by atoms with Crippen LogP contribution in [0.4, 0.5) is 4.39 Å². The maximum atomic E-state index is 13.6. The molecule has 0 spiro atoms. The molecule has 0 amide bonds. The van der Waals surface area contributed by atoms with Gasteiger partial charge in [0.2, 0.25) is 0 Å². The van der Waals surface area contributed by atoms with Gasteiger partial charge in [0, 0.05) is 16.7 Å². The van der Waals surface area contributed by atoms with E-state index in [9.17, 15) is 4.39 Å². The number of nitrogens with one attached hydrogen (secondary N) is 1. The van der Waals surface area contributed by atoms with Crippen LogP contribution in [-0.2, 0) is 0 Å². The Morgan fingerprint density at radius 2 is 2.05 bits per heavy atom. The Labute approximate surface area is 133 Å². The average molecular weight is 326 g/mol. The van der Waals surface area contributed by atoms with Crippen molar-refractivity contribution < 1.29 is 9.13 Å². The third kappa shape index (κ3) is 4.13. The van der Waals surface area contributed by atoms with Crippen molar-refractivity contribution in [2.75, 3.05) is 19.9 Å². The highest BCUT2D eigenvalue weighted by Gasteiger charge is 2.13. The van der Waals surface area contributed by atoms with Crippen LogP contribution in [0.1, 0.15) is 11.6 Å². The molecule has 112 valence electrons. The molecule has 0 saturated heterocycles. The van der Waals surface area contributed by atoms with Gasteiger partial charge in [0.1, 0.15) is 11.6 Å². The fourth-order valence-electron chi connectivity index (χ4n) is 1.97. The summed E-state index contributed by atoms with van der Waals surface area (Å²) in [5.74, 6) is 1.17. The van der Waals surface area contributed by atoms with Crippen LogP contribution in [0.3, 0.4) is 0 Å². The van der Waals surface area contributed by atoms with Crippen molar-refractivity contribution in [3.63, 3.8) is 0 Å². The Kier molecular flexibility index (Phi) is 5.91. The molecule has 5 heteroatoms. The van der Waals surface area contributed by atoms with E-state index in [4.69, 9.17) is 16.3 Å². The van der Waals surface area contributed by atoms with Crippen LogP contribution in [-0.4, -0.2) is 19.9 Å². The van der Waals surface area contributed by atoms with Crippen molar-refractivity contribution in [1.29, 1.82) is 0 Å². The van der Waals surface area contributed by atoms with Gasteiger partial charge in [0.25, 0.3) is 0 Å². The summed E-state index contributed by atoms with van der Waals surface area (Å²) in [6, 6.07) is 12.6. The van der Waals surface area contributed by atoms with Crippen molar-refractivity contribution >= 4 is 23.4 Å². The molecule has 0 aliphatic heterocycles. The van der Waals surface area contributed by atoms with Gasteiger partial charge in [-0.2, -0.15) is 0 Å². The summed E-state index contributed by atoms with van der Waals surface area (Å²) in [5.41, 5.74) is 1.06. The monoisotopic (exact) mass is 325 g/mol. The summed E-state index contributed by atoms with van der Waals surface area (Å²) >= 11 is 7.52. The van der Waals surface area contributed by atoms with Crippen LogP contribution in [0.25, 0.3) is 0 Å². The lowest BCUT2D eigenvalue weighted by atomic mass is 10.1. The summed E-state index contributed by atoms with van der Waals surface area (Å²) in [4.78, 5) is 0.652. The predicted octanol–water partition coefficient (Wildman–Crippen LogP) is 4.54. The molecule has 1 N–H and O–H groups in total. The zero-order valence-electron chi connectivity index (χ0n) is 11.9. The Morgan fingerprint density at radius 1 is 1.29 bits per heavy atom. The number of methoxy groups -OCH3 is 1. The maximum absolute atomic E-state index is 13.6. The second-order valence-corrected chi connectivity index (χ2v) is 5.95. The summed E-state index contributed by atoms with van der Waals surface area (Å²) in [6.45, 7) is 0. The van der Waals surface area contributed by atoms with Crippen LogP contribution >= 0.6 is 23.4 Å². The van der Waals surface area contributed by atoms with Gasteiger partial charge in [-0.25, -0.2) is 4.39 Å². The molecule has 2 aromatic carbocycles. The molecule has 2 nitrogen and oxygen atoms in total. The van der Waals surface area contributed by atoms with Crippen molar-refractivity contribution in [2.45, 2.75) is 10.9 Å². The molecule has 0 aliphatic rings. The SMILES string of the molecule is CNC(CSc1ccccc1F)c1ccc(Cl)c(OC)c1. The number of ether oxygens (including phenoxy) is 1. The molecular formula is C16H17ClFNOS. The van der Waals surface area contributed by atoms with Crippen LogP contribution in [0.2, 0.25) is 5.02 Å². The zero-order valence-corrected chi connectivity index (χ0v) is 13.5. The highest BCUT2D eigenvalue weighted by molar-refractivity contribution is 7.99. The average Bonchev–Trinajstić information content (AvgIpc) is 2.51. The number of thioether (sulfide) groups is 1. The molecule has 21 heavy (non-hydrogen) atoms. The predicted molar refractivity (Wildman–Crippen MR) is 86.9 cm³/mol. The van der Waals surface area contributed by atoms with Gasteiger partial charge >= 0.3 is 0 Å². The normalized spacial score (nSPS) is 12.2. The molecular weight excluding hydrogens is 309 g/mol. The van der Waals surface area contributed by atoms with E-state index in [1.54, 1.807) is 19.2 Å². The molecule has 2 aromatic rings. The van der Waals surface area contributed by atoms with Crippen molar-refractivity contribution in [3.8, 4) is 5.75 Å². The smallest absolute Gasteiger partial charge is 0.137 e. The van der Waals surface area contributed by atoms with E-state index < -0.39 is 0 Å². The van der Waals surface area contributed by atoms with Gasteiger partial charge in [-0.05, 0) is 36.9 Å². The lowest BCUT2D eigenvalue weighted by Gasteiger charge is -2.17. The Hall–Kier alpha value is -1.23. The molecule has 2 rings (SSSR count). The van der Waals surface area contributed by atoms with Crippen molar-refractivity contribution in [2.24, 2.45) is 0 Å². The van der Waals surface area contributed by atoms with Gasteiger partial charge < -0.3 is 10.1 Å². The molecule has 0 aromatic heterocycles. The second kappa shape index (κ2) is 7.69. The van der Waals surface area contributed by atoms with E-state index >= 15 is 0 Å². The number of rotatable bonds is 6. The van der Waals surface area contributed by atoms with E-state index in [-0.39, 0.29) is 11.9 Å². The first kappa shape index (κ1) is 16.1. The minimum Gasteiger partial charge on any atom is -0.495 e. The van der Waals surface area contributed by atoms with Gasteiger partial charge in [-0.3, -0.25) is 0 Å². The van der Waals surface area contributed by atoms with E-state index in [0.29, 0.717) is 21.4 Å². The topological polar surface area (TPSA) is 21.3 Å². The maximum Gasteiger partial charge on any atom is 0.137 e. The first-order chi connectivity index (χ1) is 10.2. The number of halogens is 2. The van der Waals surface area contributed by atoms with E-state index in [2.05, 4.69) is 5.32 Å². The minimum absolute atomic E-state index is 0.0840. The van der Waals surface area contributed by atoms with E-state index in [1.807, 2.05) is 31.3 Å². The lowest BCUT2D eigenvalue weighted by molar-refractivity contribution is 0.414. The summed E-state index contributed by atoms with van der Waals surface area (Å²) in [5, 5.41) is 3.82. The van der Waals surface area contributed by atoms with Crippen LogP contribution < -0.4 is 10.1 Å². The highest BCUT2D eigenvalue weighted by Crippen LogP contribution is 2.31. The third-order valence-electron chi connectivity index (χ3n) is 3.17. The van der Waals surface area contributed by atoms with Crippen LogP contribution in [0.5, 0.6) is 5.75 Å². The molecule has 0 aliphatic carbocycles. The Balaban J connectivity index is 2.11. The molecule has 1 atom stereocenters.